The highest BCUT2D eigenvalue weighted by atomic mass is 32.2. The molecule has 0 aliphatic heterocycles. The summed E-state index contributed by atoms with van der Waals surface area (Å²) in [5, 5.41) is 9.19. The first-order valence-electron chi connectivity index (χ1n) is 10.1. The van der Waals surface area contributed by atoms with Crippen LogP contribution in [-0.2, 0) is 10.1 Å². The lowest BCUT2D eigenvalue weighted by Gasteiger charge is -2.14. The molecule has 2 atom stereocenters. The van der Waals surface area contributed by atoms with Crippen LogP contribution in [0.5, 0.6) is 0 Å². The van der Waals surface area contributed by atoms with Gasteiger partial charge in [0.2, 0.25) is 0 Å². The molecule has 2 N–H and O–H groups in total. The number of hydrogen-bond donors (Lipinski definition) is 2. The Bertz CT molecular complexity index is 368. The molecular formula is C19H40O4S. The first-order valence-corrected chi connectivity index (χ1v) is 11.6. The van der Waals surface area contributed by atoms with Gasteiger partial charge in [-0.25, -0.2) is 0 Å². The minimum atomic E-state index is -3.91. The SMILES string of the molecule is CCCCCCCC(CCCCCCC(O)CCCC)S(=O)(=O)O. The molecule has 0 saturated heterocycles. The largest absolute Gasteiger partial charge is 0.393 e. The zero-order valence-corrected chi connectivity index (χ0v) is 16.7. The third-order valence-electron chi connectivity index (χ3n) is 4.76. The maximum atomic E-state index is 11.5. The molecule has 0 aromatic heterocycles. The Hall–Kier alpha value is -0.130. The van der Waals surface area contributed by atoms with Crippen LogP contribution in [0.2, 0.25) is 0 Å². The lowest BCUT2D eigenvalue weighted by molar-refractivity contribution is 0.148. The predicted molar refractivity (Wildman–Crippen MR) is 102 cm³/mol. The fraction of sp³-hybridized carbons (Fsp3) is 1.00. The lowest BCUT2D eigenvalue weighted by atomic mass is 10.0. The Morgan fingerprint density at radius 2 is 1.08 bits per heavy atom. The maximum Gasteiger partial charge on any atom is 0.267 e. The number of aliphatic hydroxyl groups excluding tert-OH is 1. The van der Waals surface area contributed by atoms with E-state index >= 15 is 0 Å². The van der Waals surface area contributed by atoms with Gasteiger partial charge in [0, 0.05) is 0 Å². The second-order valence-electron chi connectivity index (χ2n) is 7.13. The highest BCUT2D eigenvalue weighted by Crippen LogP contribution is 2.19. The summed E-state index contributed by atoms with van der Waals surface area (Å²) in [4.78, 5) is 0. The molecule has 0 heterocycles. The van der Waals surface area contributed by atoms with Gasteiger partial charge < -0.3 is 5.11 Å². The van der Waals surface area contributed by atoms with E-state index in [2.05, 4.69) is 13.8 Å². The van der Waals surface area contributed by atoms with Crippen molar-refractivity contribution >= 4 is 10.1 Å². The quantitative estimate of drug-likeness (QED) is 0.264. The van der Waals surface area contributed by atoms with Crippen LogP contribution >= 0.6 is 0 Å². The molecule has 0 aliphatic carbocycles. The van der Waals surface area contributed by atoms with E-state index in [1.165, 1.54) is 12.8 Å². The molecular weight excluding hydrogens is 324 g/mol. The molecule has 0 amide bonds. The summed E-state index contributed by atoms with van der Waals surface area (Å²) in [7, 11) is -3.91. The summed E-state index contributed by atoms with van der Waals surface area (Å²) >= 11 is 0. The molecule has 5 heteroatoms. The topological polar surface area (TPSA) is 74.6 Å². The Kier molecular flexibility index (Phi) is 15.1. The minimum absolute atomic E-state index is 0.182. The highest BCUT2D eigenvalue weighted by Gasteiger charge is 2.21. The molecule has 0 rings (SSSR count). The molecule has 0 saturated carbocycles. The minimum Gasteiger partial charge on any atom is -0.393 e. The van der Waals surface area contributed by atoms with Crippen LogP contribution in [0.1, 0.15) is 110 Å². The molecule has 0 aromatic carbocycles. The van der Waals surface area contributed by atoms with Gasteiger partial charge in [-0.3, -0.25) is 4.55 Å². The third kappa shape index (κ3) is 14.2. The van der Waals surface area contributed by atoms with E-state index in [1.807, 2.05) is 0 Å². The van der Waals surface area contributed by atoms with Gasteiger partial charge in [-0.15, -0.1) is 0 Å². The zero-order chi connectivity index (χ0) is 18.3. The van der Waals surface area contributed by atoms with E-state index in [1.54, 1.807) is 0 Å². The summed E-state index contributed by atoms with van der Waals surface area (Å²) in [5.74, 6) is 0. The van der Waals surface area contributed by atoms with Crippen molar-refractivity contribution < 1.29 is 18.1 Å². The number of hydrogen-bond acceptors (Lipinski definition) is 3. The molecule has 2 unspecified atom stereocenters. The fourth-order valence-electron chi connectivity index (χ4n) is 3.11. The van der Waals surface area contributed by atoms with Crippen LogP contribution in [0.25, 0.3) is 0 Å². The summed E-state index contributed by atoms with van der Waals surface area (Å²) in [6, 6.07) is 0. The van der Waals surface area contributed by atoms with Crippen LogP contribution < -0.4 is 0 Å². The summed E-state index contributed by atoms with van der Waals surface area (Å²) in [5.41, 5.74) is 0. The van der Waals surface area contributed by atoms with Crippen LogP contribution in [0.4, 0.5) is 0 Å². The number of aliphatic hydroxyl groups is 1. The first kappa shape index (κ1) is 23.9. The van der Waals surface area contributed by atoms with Crippen molar-refractivity contribution in [2.24, 2.45) is 0 Å². The van der Waals surface area contributed by atoms with Crippen LogP contribution in [0.3, 0.4) is 0 Å². The lowest BCUT2D eigenvalue weighted by Crippen LogP contribution is -2.20. The van der Waals surface area contributed by atoms with Gasteiger partial charge in [-0.05, 0) is 25.7 Å². The molecule has 4 nitrogen and oxygen atoms in total. The van der Waals surface area contributed by atoms with E-state index in [0.29, 0.717) is 12.8 Å². The Balaban J connectivity index is 3.79. The highest BCUT2D eigenvalue weighted by molar-refractivity contribution is 7.86. The summed E-state index contributed by atoms with van der Waals surface area (Å²) < 4.78 is 32.3. The third-order valence-corrected chi connectivity index (χ3v) is 6.07. The summed E-state index contributed by atoms with van der Waals surface area (Å²) in [6.07, 6.45) is 14.2. The Morgan fingerprint density at radius 3 is 1.54 bits per heavy atom. The van der Waals surface area contributed by atoms with E-state index in [9.17, 15) is 18.1 Å². The van der Waals surface area contributed by atoms with Gasteiger partial charge in [-0.2, -0.15) is 8.42 Å². The van der Waals surface area contributed by atoms with Crippen molar-refractivity contribution in [1.29, 1.82) is 0 Å². The molecule has 146 valence electrons. The van der Waals surface area contributed by atoms with Gasteiger partial charge in [0.25, 0.3) is 10.1 Å². The second-order valence-corrected chi connectivity index (χ2v) is 8.82. The van der Waals surface area contributed by atoms with Gasteiger partial charge in [0.15, 0.2) is 0 Å². The average Bonchev–Trinajstić information content (AvgIpc) is 2.52. The van der Waals surface area contributed by atoms with Crippen LogP contribution in [0.15, 0.2) is 0 Å². The van der Waals surface area contributed by atoms with Crippen LogP contribution in [0, 0.1) is 0 Å². The maximum absolute atomic E-state index is 11.5. The second kappa shape index (κ2) is 15.2. The monoisotopic (exact) mass is 364 g/mol. The van der Waals surface area contributed by atoms with E-state index in [-0.39, 0.29) is 6.10 Å². The molecule has 0 bridgehead atoms. The van der Waals surface area contributed by atoms with Gasteiger partial charge >= 0.3 is 0 Å². The van der Waals surface area contributed by atoms with Gasteiger partial charge in [0.05, 0.1) is 11.4 Å². The van der Waals surface area contributed by atoms with Crippen LogP contribution in [-0.4, -0.2) is 29.4 Å². The van der Waals surface area contributed by atoms with Crippen molar-refractivity contribution in [2.45, 2.75) is 122 Å². The molecule has 0 radical (unpaired) electrons. The van der Waals surface area contributed by atoms with Crippen molar-refractivity contribution in [3.05, 3.63) is 0 Å². The average molecular weight is 365 g/mol. The van der Waals surface area contributed by atoms with E-state index < -0.39 is 15.4 Å². The Labute approximate surface area is 150 Å². The molecule has 0 aromatic rings. The van der Waals surface area contributed by atoms with Gasteiger partial charge in [-0.1, -0.05) is 84.5 Å². The Morgan fingerprint density at radius 1 is 0.667 bits per heavy atom. The molecule has 0 aliphatic rings. The van der Waals surface area contributed by atoms with E-state index in [4.69, 9.17) is 0 Å². The molecule has 24 heavy (non-hydrogen) atoms. The van der Waals surface area contributed by atoms with E-state index in [0.717, 1.165) is 70.6 Å². The van der Waals surface area contributed by atoms with Crippen molar-refractivity contribution in [1.82, 2.24) is 0 Å². The number of rotatable bonds is 17. The first-order chi connectivity index (χ1) is 11.4. The standard InChI is InChI=1S/C19H40O4S/c1-3-5-7-8-12-16-19(24(21,22)23)17-13-10-9-11-15-18(20)14-6-4-2/h18-20H,3-17H2,1-2H3,(H,21,22,23). The van der Waals surface area contributed by atoms with Crippen molar-refractivity contribution in [3.63, 3.8) is 0 Å². The summed E-state index contributed by atoms with van der Waals surface area (Å²) in [6.45, 7) is 4.28. The predicted octanol–water partition coefficient (Wildman–Crippen LogP) is 5.50. The zero-order valence-electron chi connectivity index (χ0n) is 15.9. The molecule has 0 fully saturated rings. The molecule has 0 spiro atoms. The van der Waals surface area contributed by atoms with Crippen molar-refractivity contribution in [2.75, 3.05) is 0 Å². The van der Waals surface area contributed by atoms with Crippen molar-refractivity contribution in [3.8, 4) is 0 Å². The normalized spacial score (nSPS) is 14.7. The smallest absolute Gasteiger partial charge is 0.267 e. The number of unbranched alkanes of at least 4 members (excludes halogenated alkanes) is 8. The van der Waals surface area contributed by atoms with Gasteiger partial charge in [0.1, 0.15) is 0 Å². The fourth-order valence-corrected chi connectivity index (χ4v) is 4.04.